The van der Waals surface area contributed by atoms with E-state index in [1.165, 1.54) is 24.0 Å². The number of hydrogen-bond donors (Lipinski definition) is 1. The summed E-state index contributed by atoms with van der Waals surface area (Å²) in [5.41, 5.74) is 9.95. The fourth-order valence-electron chi connectivity index (χ4n) is 3.08. The summed E-state index contributed by atoms with van der Waals surface area (Å²) in [6, 6.07) is 14.5. The van der Waals surface area contributed by atoms with Gasteiger partial charge in [-0.3, -0.25) is 0 Å². The van der Waals surface area contributed by atoms with Gasteiger partial charge in [0.05, 0.1) is 0 Å². The van der Waals surface area contributed by atoms with Crippen molar-refractivity contribution in [2.75, 3.05) is 0 Å². The highest BCUT2D eigenvalue weighted by atomic mass is 35.5. The second-order valence-electron chi connectivity index (χ2n) is 6.07. The number of rotatable bonds is 2. The normalized spacial score (nSPS) is 24.3. The number of hydrogen-bond acceptors (Lipinski definition) is 2. The van der Waals surface area contributed by atoms with Gasteiger partial charge in [0.25, 0.3) is 0 Å². The Labute approximate surface area is 129 Å². The molecule has 2 aromatic carbocycles. The van der Waals surface area contributed by atoms with E-state index in [2.05, 4.69) is 24.3 Å². The first-order valence-electron chi connectivity index (χ1n) is 7.52. The molecular formula is C18H18ClNO. The lowest BCUT2D eigenvalue weighted by molar-refractivity contribution is 0.161. The molecule has 21 heavy (non-hydrogen) atoms. The highest BCUT2D eigenvalue weighted by molar-refractivity contribution is 6.30. The molecule has 0 spiro atoms. The average molecular weight is 300 g/mol. The fraction of sp³-hybridized carbons (Fsp3) is 0.333. The molecule has 2 aromatic rings. The molecule has 0 saturated heterocycles. The van der Waals surface area contributed by atoms with Crippen molar-refractivity contribution in [2.45, 2.75) is 37.3 Å². The highest BCUT2D eigenvalue weighted by Gasteiger charge is 2.28. The van der Waals surface area contributed by atoms with Gasteiger partial charge in [-0.05, 0) is 48.1 Å². The Morgan fingerprint density at radius 2 is 1.71 bits per heavy atom. The molecule has 2 atom stereocenters. The zero-order valence-electron chi connectivity index (χ0n) is 11.8. The lowest BCUT2D eigenvalue weighted by atomic mass is 9.93. The Morgan fingerprint density at radius 1 is 1.00 bits per heavy atom. The topological polar surface area (TPSA) is 35.2 Å². The quantitative estimate of drug-likeness (QED) is 0.869. The Balaban J connectivity index is 1.60. The SMILES string of the molecule is N[C@H]1CC(c2ccc(C3CC3)cc2)Oc2ccc(Cl)cc21. The first-order valence-corrected chi connectivity index (χ1v) is 7.90. The molecule has 1 saturated carbocycles. The van der Waals surface area contributed by atoms with E-state index in [0.29, 0.717) is 5.02 Å². The monoisotopic (exact) mass is 299 g/mol. The van der Waals surface area contributed by atoms with Gasteiger partial charge in [-0.25, -0.2) is 0 Å². The van der Waals surface area contributed by atoms with Crippen molar-refractivity contribution in [2.24, 2.45) is 5.73 Å². The number of ether oxygens (including phenoxy) is 1. The van der Waals surface area contributed by atoms with Crippen LogP contribution < -0.4 is 10.5 Å². The molecule has 108 valence electrons. The van der Waals surface area contributed by atoms with Crippen LogP contribution in [0.3, 0.4) is 0 Å². The number of fused-ring (bicyclic) bond motifs is 1. The zero-order chi connectivity index (χ0) is 14.4. The molecule has 0 amide bonds. The molecule has 0 aromatic heterocycles. The van der Waals surface area contributed by atoms with E-state index in [1.54, 1.807) is 0 Å². The summed E-state index contributed by atoms with van der Waals surface area (Å²) in [7, 11) is 0. The Hall–Kier alpha value is -1.51. The van der Waals surface area contributed by atoms with Crippen LogP contribution in [0.25, 0.3) is 0 Å². The largest absolute Gasteiger partial charge is 0.485 e. The van der Waals surface area contributed by atoms with E-state index in [0.717, 1.165) is 23.7 Å². The lowest BCUT2D eigenvalue weighted by Gasteiger charge is -2.30. The van der Waals surface area contributed by atoms with Crippen molar-refractivity contribution < 1.29 is 4.74 Å². The minimum Gasteiger partial charge on any atom is -0.485 e. The molecule has 0 bridgehead atoms. The molecule has 3 heteroatoms. The smallest absolute Gasteiger partial charge is 0.126 e. The molecular weight excluding hydrogens is 282 g/mol. The minimum atomic E-state index is -0.0273. The summed E-state index contributed by atoms with van der Waals surface area (Å²) in [4.78, 5) is 0. The summed E-state index contributed by atoms with van der Waals surface area (Å²) in [6.45, 7) is 0. The van der Waals surface area contributed by atoms with Crippen molar-refractivity contribution in [3.8, 4) is 5.75 Å². The summed E-state index contributed by atoms with van der Waals surface area (Å²) in [5, 5.41) is 0.708. The summed E-state index contributed by atoms with van der Waals surface area (Å²) in [5.74, 6) is 1.64. The first kappa shape index (κ1) is 13.2. The van der Waals surface area contributed by atoms with Crippen LogP contribution in [-0.4, -0.2) is 0 Å². The Morgan fingerprint density at radius 3 is 2.43 bits per heavy atom. The molecule has 1 aliphatic heterocycles. The second-order valence-corrected chi connectivity index (χ2v) is 6.51. The molecule has 2 aliphatic rings. The van der Waals surface area contributed by atoms with Crippen molar-refractivity contribution >= 4 is 11.6 Å². The second kappa shape index (κ2) is 5.04. The maximum absolute atomic E-state index is 6.29. The van der Waals surface area contributed by atoms with Gasteiger partial charge in [0.15, 0.2) is 0 Å². The maximum atomic E-state index is 6.29. The van der Waals surface area contributed by atoms with Crippen LogP contribution >= 0.6 is 11.6 Å². The van der Waals surface area contributed by atoms with Gasteiger partial charge in [0.2, 0.25) is 0 Å². The van der Waals surface area contributed by atoms with Gasteiger partial charge >= 0.3 is 0 Å². The number of halogens is 1. The van der Waals surface area contributed by atoms with E-state index in [4.69, 9.17) is 22.1 Å². The van der Waals surface area contributed by atoms with Gasteiger partial charge in [-0.15, -0.1) is 0 Å². The number of nitrogens with two attached hydrogens (primary N) is 1. The van der Waals surface area contributed by atoms with Crippen molar-refractivity contribution in [3.05, 3.63) is 64.2 Å². The third-order valence-corrected chi connectivity index (χ3v) is 4.70. The summed E-state index contributed by atoms with van der Waals surface area (Å²) in [6.07, 6.45) is 3.48. The zero-order valence-corrected chi connectivity index (χ0v) is 12.5. The molecule has 2 nitrogen and oxygen atoms in total. The predicted octanol–water partition coefficient (Wildman–Crippen LogP) is 4.74. The van der Waals surface area contributed by atoms with Crippen LogP contribution in [0, 0.1) is 0 Å². The highest BCUT2D eigenvalue weighted by Crippen LogP contribution is 2.43. The first-order chi connectivity index (χ1) is 10.2. The standard InChI is InChI=1S/C18H18ClNO/c19-14-7-8-17-15(9-14)16(20)10-18(21-17)13-5-3-12(4-6-13)11-1-2-11/h3-9,11,16,18H,1-2,10,20H2/t16-,18?/m0/s1. The van der Waals surface area contributed by atoms with Gasteiger partial charge < -0.3 is 10.5 Å². The van der Waals surface area contributed by atoms with Crippen molar-refractivity contribution in [1.82, 2.24) is 0 Å². The van der Waals surface area contributed by atoms with Gasteiger partial charge in [-0.1, -0.05) is 35.9 Å². The molecule has 1 aliphatic carbocycles. The van der Waals surface area contributed by atoms with E-state index in [-0.39, 0.29) is 12.1 Å². The summed E-state index contributed by atoms with van der Waals surface area (Å²) < 4.78 is 6.12. The van der Waals surface area contributed by atoms with Crippen LogP contribution in [0.5, 0.6) is 5.75 Å². The molecule has 2 N–H and O–H groups in total. The third-order valence-electron chi connectivity index (χ3n) is 4.47. The van der Waals surface area contributed by atoms with Gasteiger partial charge in [-0.2, -0.15) is 0 Å². The lowest BCUT2D eigenvalue weighted by Crippen LogP contribution is -2.24. The van der Waals surface area contributed by atoms with Crippen molar-refractivity contribution in [3.63, 3.8) is 0 Å². The molecule has 0 radical (unpaired) electrons. The van der Waals surface area contributed by atoms with Crippen LogP contribution in [0.1, 0.15) is 54.0 Å². The number of benzene rings is 2. The molecule has 1 heterocycles. The van der Waals surface area contributed by atoms with E-state index in [1.807, 2.05) is 18.2 Å². The molecule has 1 unspecified atom stereocenters. The van der Waals surface area contributed by atoms with Crippen LogP contribution in [0.2, 0.25) is 5.02 Å². The van der Waals surface area contributed by atoms with Gasteiger partial charge in [0.1, 0.15) is 11.9 Å². The van der Waals surface area contributed by atoms with Crippen LogP contribution in [0.4, 0.5) is 0 Å². The summed E-state index contributed by atoms with van der Waals surface area (Å²) >= 11 is 6.04. The van der Waals surface area contributed by atoms with Crippen molar-refractivity contribution in [1.29, 1.82) is 0 Å². The third kappa shape index (κ3) is 2.54. The molecule has 1 fully saturated rings. The van der Waals surface area contributed by atoms with E-state index in [9.17, 15) is 0 Å². The minimum absolute atomic E-state index is 0.0273. The Kier molecular flexibility index (Phi) is 3.16. The predicted molar refractivity (Wildman–Crippen MR) is 84.8 cm³/mol. The van der Waals surface area contributed by atoms with Crippen LogP contribution in [-0.2, 0) is 0 Å². The van der Waals surface area contributed by atoms with Crippen LogP contribution in [0.15, 0.2) is 42.5 Å². The van der Waals surface area contributed by atoms with Gasteiger partial charge in [0, 0.05) is 23.0 Å². The fourth-order valence-corrected chi connectivity index (χ4v) is 3.26. The molecule has 4 rings (SSSR count). The van der Waals surface area contributed by atoms with E-state index >= 15 is 0 Å². The van der Waals surface area contributed by atoms with E-state index < -0.39 is 0 Å². The maximum Gasteiger partial charge on any atom is 0.126 e. The average Bonchev–Trinajstić information content (AvgIpc) is 3.33. The Bertz CT molecular complexity index is 663.